The molecule has 0 aliphatic carbocycles. The number of fused-ring (bicyclic) bond motifs is 4. The third-order valence-corrected chi connectivity index (χ3v) is 7.90. The normalized spacial score (nSPS) is 11.9. The van der Waals surface area contributed by atoms with Crippen molar-refractivity contribution < 1.29 is 8.78 Å². The molecule has 8 aromatic rings. The number of hydrogen-bond acceptors (Lipinski definition) is 0. The Labute approximate surface area is 217 Å². The minimum Gasteiger partial charge on any atom is -0.204 e. The molecule has 0 atom stereocenters. The summed E-state index contributed by atoms with van der Waals surface area (Å²) in [6.45, 7) is 0. The lowest BCUT2D eigenvalue weighted by Gasteiger charge is -2.23. The van der Waals surface area contributed by atoms with Gasteiger partial charge in [0.25, 0.3) is 0 Å². The van der Waals surface area contributed by atoms with E-state index < -0.39 is 11.6 Å². The van der Waals surface area contributed by atoms with Gasteiger partial charge in [-0.15, -0.1) is 0 Å². The Kier molecular flexibility index (Phi) is 4.39. The molecular weight excluding hydrogens is 470 g/mol. The number of hydrogen-bond donors (Lipinski definition) is 0. The average Bonchev–Trinajstić information content (AvgIpc) is 2.97. The van der Waals surface area contributed by atoms with Crippen LogP contribution >= 0.6 is 0 Å². The maximum Gasteiger partial charge on any atom is 0.159 e. The zero-order valence-corrected chi connectivity index (χ0v) is 20.3. The van der Waals surface area contributed by atoms with Crippen molar-refractivity contribution in [2.24, 2.45) is 0 Å². The highest BCUT2D eigenvalue weighted by Gasteiger charge is 2.24. The van der Waals surface area contributed by atoms with Crippen molar-refractivity contribution >= 4 is 53.9 Å². The van der Waals surface area contributed by atoms with E-state index in [4.69, 9.17) is 0 Å². The number of benzene rings is 8. The van der Waals surface area contributed by atoms with Gasteiger partial charge in [-0.25, -0.2) is 8.78 Å². The van der Waals surface area contributed by atoms with Gasteiger partial charge in [0.05, 0.1) is 0 Å². The highest BCUT2D eigenvalue weighted by atomic mass is 19.2. The fourth-order valence-corrected chi connectivity index (χ4v) is 6.40. The minimum absolute atomic E-state index is 0.705. The molecule has 0 N–H and O–H groups in total. The zero-order valence-electron chi connectivity index (χ0n) is 20.3. The summed E-state index contributed by atoms with van der Waals surface area (Å²) in [7, 11) is 0. The lowest BCUT2D eigenvalue weighted by Crippen LogP contribution is -1.96. The molecule has 178 valence electrons. The molecule has 0 aliphatic heterocycles. The summed E-state index contributed by atoms with van der Waals surface area (Å²) >= 11 is 0. The van der Waals surface area contributed by atoms with Crippen LogP contribution in [0.2, 0.25) is 0 Å². The molecule has 8 aromatic carbocycles. The second kappa shape index (κ2) is 7.84. The van der Waals surface area contributed by atoms with E-state index >= 15 is 0 Å². The quantitative estimate of drug-likeness (QED) is 0.167. The molecule has 0 radical (unpaired) electrons. The lowest BCUT2D eigenvalue weighted by molar-refractivity contribution is 0.511. The molecule has 38 heavy (non-hydrogen) atoms. The van der Waals surface area contributed by atoms with Crippen LogP contribution in [0.1, 0.15) is 0 Å². The first-order valence-corrected chi connectivity index (χ1v) is 12.8. The van der Waals surface area contributed by atoms with Crippen LogP contribution in [-0.2, 0) is 0 Å². The SMILES string of the molecule is Fc1cc2c(-c3ccccc3)c3c4cccc5ccc6cccc(c3c(-c3ccccc3)c2cc1F)c6c54. The van der Waals surface area contributed by atoms with Crippen LogP contribution in [0.4, 0.5) is 8.78 Å². The van der Waals surface area contributed by atoms with Crippen LogP contribution in [0.25, 0.3) is 76.1 Å². The Morgan fingerprint density at radius 1 is 0.342 bits per heavy atom. The summed E-state index contributed by atoms with van der Waals surface area (Å²) in [6, 6.07) is 40.1. The molecule has 0 aliphatic rings. The summed E-state index contributed by atoms with van der Waals surface area (Å²) in [6.07, 6.45) is 0. The second-order valence-electron chi connectivity index (χ2n) is 9.92. The van der Waals surface area contributed by atoms with Crippen molar-refractivity contribution in [2.75, 3.05) is 0 Å². The molecule has 0 bridgehead atoms. The van der Waals surface area contributed by atoms with Crippen molar-refractivity contribution in [1.29, 1.82) is 0 Å². The molecule has 0 saturated carbocycles. The topological polar surface area (TPSA) is 0 Å². The molecule has 0 aromatic heterocycles. The van der Waals surface area contributed by atoms with Crippen molar-refractivity contribution in [3.8, 4) is 22.3 Å². The summed E-state index contributed by atoms with van der Waals surface area (Å²) in [5.41, 5.74) is 3.80. The molecular formula is C36H20F2. The van der Waals surface area contributed by atoms with Crippen LogP contribution in [0.15, 0.2) is 121 Å². The predicted molar refractivity (Wildman–Crippen MR) is 156 cm³/mol. The molecule has 0 nitrogen and oxygen atoms in total. The van der Waals surface area contributed by atoms with Gasteiger partial charge in [0.1, 0.15) is 0 Å². The van der Waals surface area contributed by atoms with Gasteiger partial charge in [0.2, 0.25) is 0 Å². The van der Waals surface area contributed by atoms with Gasteiger partial charge < -0.3 is 0 Å². The molecule has 0 unspecified atom stereocenters. The average molecular weight is 491 g/mol. The highest BCUT2D eigenvalue weighted by molar-refractivity contribution is 6.40. The fourth-order valence-electron chi connectivity index (χ4n) is 6.40. The van der Waals surface area contributed by atoms with Crippen LogP contribution < -0.4 is 0 Å². The number of rotatable bonds is 2. The third kappa shape index (κ3) is 2.83. The van der Waals surface area contributed by atoms with Gasteiger partial charge in [-0.05, 0) is 88.2 Å². The van der Waals surface area contributed by atoms with E-state index in [0.29, 0.717) is 10.8 Å². The van der Waals surface area contributed by atoms with Crippen LogP contribution in [0.3, 0.4) is 0 Å². The van der Waals surface area contributed by atoms with Crippen molar-refractivity contribution in [3.05, 3.63) is 133 Å². The highest BCUT2D eigenvalue weighted by Crippen LogP contribution is 2.51. The van der Waals surface area contributed by atoms with E-state index in [0.717, 1.165) is 43.8 Å². The van der Waals surface area contributed by atoms with E-state index in [9.17, 15) is 8.78 Å². The van der Waals surface area contributed by atoms with Crippen molar-refractivity contribution in [1.82, 2.24) is 0 Å². The Hall–Kier alpha value is -4.82. The summed E-state index contributed by atoms with van der Waals surface area (Å²) in [5.74, 6) is -1.68. The van der Waals surface area contributed by atoms with Crippen molar-refractivity contribution in [3.63, 3.8) is 0 Å². The van der Waals surface area contributed by atoms with Crippen LogP contribution in [0, 0.1) is 11.6 Å². The van der Waals surface area contributed by atoms with Crippen LogP contribution in [0.5, 0.6) is 0 Å². The lowest BCUT2D eigenvalue weighted by atomic mass is 9.80. The first-order chi connectivity index (χ1) is 18.7. The van der Waals surface area contributed by atoms with E-state index in [1.807, 2.05) is 36.4 Å². The van der Waals surface area contributed by atoms with Gasteiger partial charge in [0.15, 0.2) is 11.6 Å². The van der Waals surface area contributed by atoms with E-state index in [2.05, 4.69) is 72.8 Å². The largest absolute Gasteiger partial charge is 0.204 e. The van der Waals surface area contributed by atoms with E-state index in [1.165, 1.54) is 33.7 Å². The Bertz CT molecular complexity index is 2020. The summed E-state index contributed by atoms with van der Waals surface area (Å²) < 4.78 is 30.0. The zero-order chi connectivity index (χ0) is 25.4. The first-order valence-electron chi connectivity index (χ1n) is 12.8. The van der Waals surface area contributed by atoms with Gasteiger partial charge >= 0.3 is 0 Å². The molecule has 0 amide bonds. The molecule has 0 spiro atoms. The molecule has 0 fully saturated rings. The Morgan fingerprint density at radius 2 is 0.763 bits per heavy atom. The van der Waals surface area contributed by atoms with E-state index in [-0.39, 0.29) is 0 Å². The van der Waals surface area contributed by atoms with Gasteiger partial charge in [-0.2, -0.15) is 0 Å². The van der Waals surface area contributed by atoms with Crippen LogP contribution in [-0.4, -0.2) is 0 Å². The predicted octanol–water partition coefficient (Wildman–Crippen LogP) is 10.5. The standard InChI is InChI=1S/C36H20F2/c37-29-19-27-28(20-30(29)38)34(22-11-5-2-6-12-22)36-26-16-8-14-24-18-17-23-13-7-15-25(31(23)32(24)26)35(36)33(27)21-9-3-1-4-10-21/h1-20H. The monoisotopic (exact) mass is 490 g/mol. The molecule has 0 heterocycles. The summed E-state index contributed by atoms with van der Waals surface area (Å²) in [5, 5.41) is 10.5. The minimum atomic E-state index is -0.842. The Balaban J connectivity index is 1.81. The Morgan fingerprint density at radius 3 is 1.18 bits per heavy atom. The summed E-state index contributed by atoms with van der Waals surface area (Å²) in [4.78, 5) is 0. The maximum absolute atomic E-state index is 15.0. The number of halogens is 2. The second-order valence-corrected chi connectivity index (χ2v) is 9.92. The third-order valence-electron chi connectivity index (χ3n) is 7.90. The van der Waals surface area contributed by atoms with Crippen molar-refractivity contribution in [2.45, 2.75) is 0 Å². The van der Waals surface area contributed by atoms with Gasteiger partial charge in [0, 0.05) is 0 Å². The molecule has 8 rings (SSSR count). The van der Waals surface area contributed by atoms with Gasteiger partial charge in [-0.1, -0.05) is 109 Å². The fraction of sp³-hybridized carbons (Fsp3) is 0. The molecule has 2 heteroatoms. The first kappa shape index (κ1) is 21.3. The maximum atomic E-state index is 15.0. The van der Waals surface area contributed by atoms with Gasteiger partial charge in [-0.3, -0.25) is 0 Å². The molecule has 0 saturated heterocycles. The smallest absolute Gasteiger partial charge is 0.159 e. The van der Waals surface area contributed by atoms with E-state index in [1.54, 1.807) is 0 Å².